The van der Waals surface area contributed by atoms with Gasteiger partial charge in [0.25, 0.3) is 0 Å². The summed E-state index contributed by atoms with van der Waals surface area (Å²) < 4.78 is 1.14. The van der Waals surface area contributed by atoms with E-state index < -0.39 is 0 Å². The fraction of sp³-hybridized carbons (Fsp3) is 0.353. The first kappa shape index (κ1) is 15.1. The van der Waals surface area contributed by atoms with Crippen LogP contribution in [0.25, 0.3) is 10.2 Å². The number of hydrogen-bond donors (Lipinski definition) is 2. The fourth-order valence-electron chi connectivity index (χ4n) is 3.15. The number of thiazole rings is 1. The Morgan fingerprint density at radius 1 is 1.25 bits per heavy atom. The summed E-state index contributed by atoms with van der Waals surface area (Å²) in [7, 11) is 0. The van der Waals surface area contributed by atoms with E-state index in [0.717, 1.165) is 27.7 Å². The van der Waals surface area contributed by atoms with Crippen molar-refractivity contribution >= 4 is 44.0 Å². The summed E-state index contributed by atoms with van der Waals surface area (Å²) in [4.78, 5) is 15.6. The molecule has 2 aromatic heterocycles. The highest BCUT2D eigenvalue weighted by Crippen LogP contribution is 2.34. The average molecular weight is 340 g/mol. The van der Waals surface area contributed by atoms with Gasteiger partial charge in [-0.15, -0.1) is 0 Å². The monoisotopic (exact) mass is 340 g/mol. The van der Waals surface area contributed by atoms with Gasteiger partial charge in [0.1, 0.15) is 12.0 Å². The summed E-state index contributed by atoms with van der Waals surface area (Å²) in [5, 5.41) is 4.05. The van der Waals surface area contributed by atoms with Crippen molar-refractivity contribution in [2.45, 2.75) is 32.2 Å². The van der Waals surface area contributed by atoms with Crippen LogP contribution in [-0.4, -0.2) is 27.5 Å². The standard InChI is InChI=1S/C17H20N6S/c1-11-6-4-5-9-23(11)16-14(18)15(19-10-20-16)22-17-21-12-7-2-3-8-13(12)24-17/h2-3,7-8,10-11H,4-6,9,18H2,1H3,(H,19,20,21,22). The Balaban J connectivity index is 1.64. The average Bonchev–Trinajstić information content (AvgIpc) is 3.00. The van der Waals surface area contributed by atoms with Crippen LogP contribution in [0.3, 0.4) is 0 Å². The lowest BCUT2D eigenvalue weighted by atomic mass is 10.0. The molecule has 1 unspecified atom stereocenters. The molecule has 1 aliphatic rings. The molecular weight excluding hydrogens is 320 g/mol. The molecule has 3 N–H and O–H groups in total. The summed E-state index contributed by atoms with van der Waals surface area (Å²) >= 11 is 1.59. The Labute approximate surface area is 144 Å². The van der Waals surface area contributed by atoms with Crippen molar-refractivity contribution in [2.75, 3.05) is 22.5 Å². The van der Waals surface area contributed by atoms with Crippen molar-refractivity contribution in [1.82, 2.24) is 15.0 Å². The first-order valence-electron chi connectivity index (χ1n) is 8.22. The predicted molar refractivity (Wildman–Crippen MR) is 100 cm³/mol. The van der Waals surface area contributed by atoms with Crippen molar-refractivity contribution in [1.29, 1.82) is 0 Å². The van der Waals surface area contributed by atoms with E-state index in [2.05, 4.69) is 38.2 Å². The molecule has 0 saturated carbocycles. The highest BCUT2D eigenvalue weighted by atomic mass is 32.1. The SMILES string of the molecule is CC1CCCCN1c1ncnc(Nc2nc3ccccc3s2)c1N. The van der Waals surface area contributed by atoms with E-state index in [-0.39, 0.29) is 0 Å². The van der Waals surface area contributed by atoms with Gasteiger partial charge in [-0.2, -0.15) is 0 Å². The van der Waals surface area contributed by atoms with Crippen LogP contribution in [-0.2, 0) is 0 Å². The van der Waals surface area contributed by atoms with E-state index >= 15 is 0 Å². The van der Waals surface area contributed by atoms with Crippen molar-refractivity contribution in [3.8, 4) is 0 Å². The number of nitrogens with one attached hydrogen (secondary N) is 1. The van der Waals surface area contributed by atoms with Gasteiger partial charge in [0.05, 0.1) is 10.2 Å². The quantitative estimate of drug-likeness (QED) is 0.755. The molecule has 7 heteroatoms. The summed E-state index contributed by atoms with van der Waals surface area (Å²) in [6, 6.07) is 8.51. The number of fused-ring (bicyclic) bond motifs is 1. The molecular formula is C17H20N6S. The van der Waals surface area contributed by atoms with Crippen molar-refractivity contribution < 1.29 is 0 Å². The number of aromatic nitrogens is 3. The zero-order chi connectivity index (χ0) is 16.5. The van der Waals surface area contributed by atoms with Crippen LogP contribution in [0.1, 0.15) is 26.2 Å². The lowest BCUT2D eigenvalue weighted by Crippen LogP contribution is -2.38. The Morgan fingerprint density at radius 2 is 2.12 bits per heavy atom. The maximum atomic E-state index is 6.37. The number of nitrogens with zero attached hydrogens (tertiary/aromatic N) is 4. The number of rotatable bonds is 3. The van der Waals surface area contributed by atoms with Gasteiger partial charge in [-0.05, 0) is 38.3 Å². The van der Waals surface area contributed by atoms with Gasteiger partial charge >= 0.3 is 0 Å². The number of para-hydroxylation sites is 1. The Morgan fingerprint density at radius 3 is 2.96 bits per heavy atom. The molecule has 1 aliphatic heterocycles. The van der Waals surface area contributed by atoms with Crippen LogP contribution in [0.5, 0.6) is 0 Å². The van der Waals surface area contributed by atoms with Gasteiger partial charge < -0.3 is 16.0 Å². The minimum absolute atomic E-state index is 0.450. The van der Waals surface area contributed by atoms with Gasteiger partial charge in [0, 0.05) is 12.6 Å². The molecule has 0 spiro atoms. The number of benzene rings is 1. The molecule has 0 amide bonds. The Hall–Kier alpha value is -2.41. The van der Waals surface area contributed by atoms with E-state index in [4.69, 9.17) is 5.73 Å². The number of piperidine rings is 1. The van der Waals surface area contributed by atoms with Gasteiger partial charge in [-0.3, -0.25) is 0 Å². The lowest BCUT2D eigenvalue weighted by Gasteiger charge is -2.35. The fourth-order valence-corrected chi connectivity index (χ4v) is 4.02. The first-order chi connectivity index (χ1) is 11.7. The summed E-state index contributed by atoms with van der Waals surface area (Å²) in [5.74, 6) is 1.44. The summed E-state index contributed by atoms with van der Waals surface area (Å²) in [6.07, 6.45) is 5.18. The Bertz CT molecular complexity index is 828. The molecule has 1 saturated heterocycles. The minimum Gasteiger partial charge on any atom is -0.393 e. The van der Waals surface area contributed by atoms with Gasteiger partial charge in [-0.25, -0.2) is 15.0 Å². The normalized spacial score (nSPS) is 18.0. The molecule has 24 heavy (non-hydrogen) atoms. The third-order valence-electron chi connectivity index (χ3n) is 4.46. The van der Waals surface area contributed by atoms with Crippen LogP contribution >= 0.6 is 11.3 Å². The largest absolute Gasteiger partial charge is 0.393 e. The van der Waals surface area contributed by atoms with Gasteiger partial charge in [0.2, 0.25) is 0 Å². The predicted octanol–water partition coefficient (Wildman–Crippen LogP) is 3.79. The van der Waals surface area contributed by atoms with Gasteiger partial charge in [-0.1, -0.05) is 23.5 Å². The molecule has 0 aliphatic carbocycles. The third-order valence-corrected chi connectivity index (χ3v) is 5.41. The molecule has 6 nitrogen and oxygen atoms in total. The van der Waals surface area contributed by atoms with E-state index in [1.54, 1.807) is 17.7 Å². The van der Waals surface area contributed by atoms with Crippen LogP contribution in [0.15, 0.2) is 30.6 Å². The lowest BCUT2D eigenvalue weighted by molar-refractivity contribution is 0.481. The highest BCUT2D eigenvalue weighted by Gasteiger charge is 2.23. The third kappa shape index (κ3) is 2.75. The van der Waals surface area contributed by atoms with E-state index in [1.807, 2.05) is 18.2 Å². The number of hydrogen-bond acceptors (Lipinski definition) is 7. The number of nitrogens with two attached hydrogens (primary N) is 1. The van der Waals surface area contributed by atoms with Crippen LogP contribution in [0, 0.1) is 0 Å². The second-order valence-electron chi connectivity index (χ2n) is 6.11. The minimum atomic E-state index is 0.450. The number of anilines is 4. The van der Waals surface area contributed by atoms with E-state index in [9.17, 15) is 0 Å². The van der Waals surface area contributed by atoms with Crippen LogP contribution in [0.4, 0.5) is 22.5 Å². The molecule has 1 aromatic carbocycles. The molecule has 124 valence electrons. The van der Waals surface area contributed by atoms with Crippen molar-refractivity contribution in [3.05, 3.63) is 30.6 Å². The van der Waals surface area contributed by atoms with Crippen molar-refractivity contribution in [3.63, 3.8) is 0 Å². The van der Waals surface area contributed by atoms with Crippen molar-refractivity contribution in [2.24, 2.45) is 0 Å². The molecule has 1 fully saturated rings. The summed E-state index contributed by atoms with van der Waals surface area (Å²) in [6.45, 7) is 3.21. The van der Waals surface area contributed by atoms with Crippen LogP contribution in [0.2, 0.25) is 0 Å². The van der Waals surface area contributed by atoms with Crippen LogP contribution < -0.4 is 16.0 Å². The molecule has 1 atom stereocenters. The number of nitrogen functional groups attached to an aromatic ring is 1. The smallest absolute Gasteiger partial charge is 0.189 e. The van der Waals surface area contributed by atoms with E-state index in [1.165, 1.54) is 19.3 Å². The topological polar surface area (TPSA) is 80.0 Å². The molecule has 0 bridgehead atoms. The van der Waals surface area contributed by atoms with E-state index in [0.29, 0.717) is 17.5 Å². The van der Waals surface area contributed by atoms with Gasteiger partial charge in [0.15, 0.2) is 16.8 Å². The highest BCUT2D eigenvalue weighted by molar-refractivity contribution is 7.22. The maximum Gasteiger partial charge on any atom is 0.189 e. The molecule has 3 heterocycles. The first-order valence-corrected chi connectivity index (χ1v) is 9.04. The second kappa shape index (κ2) is 6.24. The zero-order valence-electron chi connectivity index (χ0n) is 13.6. The molecule has 3 aromatic rings. The molecule has 4 rings (SSSR count). The maximum absolute atomic E-state index is 6.37. The Kier molecular flexibility index (Phi) is 3.93. The molecule has 0 radical (unpaired) electrons. The zero-order valence-corrected chi connectivity index (χ0v) is 14.4. The summed E-state index contributed by atoms with van der Waals surface area (Å²) in [5.41, 5.74) is 7.93. The second-order valence-corrected chi connectivity index (χ2v) is 7.14.